The van der Waals surface area contributed by atoms with E-state index in [1.165, 1.54) is 0 Å². The lowest BCUT2D eigenvalue weighted by atomic mass is 10.1. The van der Waals surface area contributed by atoms with Gasteiger partial charge >= 0.3 is 6.01 Å². The maximum Gasteiger partial charge on any atom is 0.321 e. The van der Waals surface area contributed by atoms with Gasteiger partial charge in [-0.3, -0.25) is 5.10 Å². The predicted octanol–water partition coefficient (Wildman–Crippen LogP) is 3.21. The minimum Gasteiger partial charge on any atom is -0.424 e. The van der Waals surface area contributed by atoms with Gasteiger partial charge in [0.25, 0.3) is 0 Å². The van der Waals surface area contributed by atoms with Crippen molar-refractivity contribution >= 4 is 11.0 Å². The molecule has 6 heteroatoms. The molecule has 22 heavy (non-hydrogen) atoms. The van der Waals surface area contributed by atoms with Crippen molar-refractivity contribution in [2.75, 3.05) is 0 Å². The van der Waals surface area contributed by atoms with Crippen LogP contribution in [-0.2, 0) is 0 Å². The molecular weight excluding hydrogens is 278 g/mol. The highest BCUT2D eigenvalue weighted by Crippen LogP contribution is 2.25. The molecule has 0 aliphatic rings. The van der Waals surface area contributed by atoms with E-state index >= 15 is 0 Å². The minimum absolute atomic E-state index is 0.330. The van der Waals surface area contributed by atoms with Crippen LogP contribution in [0.1, 0.15) is 0 Å². The van der Waals surface area contributed by atoms with Crippen LogP contribution in [0.3, 0.4) is 0 Å². The molecule has 0 spiro atoms. The Labute approximate surface area is 125 Å². The Balaban J connectivity index is 1.61. The lowest BCUT2D eigenvalue weighted by Crippen LogP contribution is -1.90. The number of benzene rings is 1. The molecule has 6 nitrogen and oxygen atoms in total. The molecule has 3 aromatic heterocycles. The fourth-order valence-electron chi connectivity index (χ4n) is 2.15. The lowest BCUT2D eigenvalue weighted by Gasteiger charge is -2.05. The predicted molar refractivity (Wildman–Crippen MR) is 81.4 cm³/mol. The number of aromatic nitrogens is 5. The van der Waals surface area contributed by atoms with E-state index in [9.17, 15) is 0 Å². The van der Waals surface area contributed by atoms with Gasteiger partial charge in [-0.25, -0.2) is 15.0 Å². The fraction of sp³-hybridized carbons (Fsp3) is 0. The molecule has 0 fully saturated rings. The normalized spacial score (nSPS) is 10.7. The van der Waals surface area contributed by atoms with Crippen molar-refractivity contribution in [1.29, 1.82) is 0 Å². The first-order chi connectivity index (χ1) is 10.9. The third-order valence-corrected chi connectivity index (χ3v) is 3.23. The summed E-state index contributed by atoms with van der Waals surface area (Å²) < 4.78 is 5.57. The zero-order valence-corrected chi connectivity index (χ0v) is 11.5. The first-order valence-corrected chi connectivity index (χ1v) is 6.73. The number of nitrogens with one attached hydrogen (secondary N) is 1. The number of rotatable bonds is 3. The molecule has 0 aliphatic carbocycles. The molecule has 0 aliphatic heterocycles. The number of hydrogen-bond acceptors (Lipinski definition) is 5. The standard InChI is InChI=1S/C16H11N5O/c1-6-17-16(18-7-1)22-14-4-2-11(3-5-14)12-8-13-10-20-21-15(13)19-9-12/h1-10H,(H,19,20,21). The van der Waals surface area contributed by atoms with Crippen molar-refractivity contribution in [3.63, 3.8) is 0 Å². The van der Waals surface area contributed by atoms with Crippen LogP contribution >= 0.6 is 0 Å². The van der Waals surface area contributed by atoms with Gasteiger partial charge in [0.05, 0.1) is 6.20 Å². The molecule has 4 aromatic rings. The summed E-state index contributed by atoms with van der Waals surface area (Å²) in [6.45, 7) is 0. The van der Waals surface area contributed by atoms with E-state index in [1.54, 1.807) is 24.7 Å². The van der Waals surface area contributed by atoms with E-state index < -0.39 is 0 Å². The highest BCUT2D eigenvalue weighted by molar-refractivity contribution is 5.80. The lowest BCUT2D eigenvalue weighted by molar-refractivity contribution is 0.442. The van der Waals surface area contributed by atoms with Gasteiger partial charge in [0.15, 0.2) is 5.65 Å². The van der Waals surface area contributed by atoms with E-state index in [-0.39, 0.29) is 0 Å². The van der Waals surface area contributed by atoms with Crippen molar-refractivity contribution in [3.8, 4) is 22.9 Å². The number of nitrogens with zero attached hydrogens (tertiary/aromatic N) is 4. The van der Waals surface area contributed by atoms with Gasteiger partial charge in [-0.1, -0.05) is 12.1 Å². The third-order valence-electron chi connectivity index (χ3n) is 3.23. The van der Waals surface area contributed by atoms with Crippen LogP contribution in [0.15, 0.2) is 61.2 Å². The number of pyridine rings is 1. The Bertz CT molecular complexity index is 903. The monoisotopic (exact) mass is 289 g/mol. The van der Waals surface area contributed by atoms with Crippen LogP contribution in [0.5, 0.6) is 11.8 Å². The molecule has 0 saturated carbocycles. The maximum absolute atomic E-state index is 5.57. The van der Waals surface area contributed by atoms with Gasteiger partial charge < -0.3 is 4.74 Å². The second kappa shape index (κ2) is 5.25. The summed E-state index contributed by atoms with van der Waals surface area (Å²) in [5.74, 6) is 0.687. The van der Waals surface area contributed by atoms with E-state index in [0.29, 0.717) is 11.8 Å². The topological polar surface area (TPSA) is 76.6 Å². The second-order valence-corrected chi connectivity index (χ2v) is 4.69. The summed E-state index contributed by atoms with van der Waals surface area (Å²) in [5, 5.41) is 7.80. The van der Waals surface area contributed by atoms with Gasteiger partial charge in [0.1, 0.15) is 5.75 Å². The van der Waals surface area contributed by atoms with Crippen molar-refractivity contribution in [3.05, 3.63) is 61.2 Å². The first kappa shape index (κ1) is 12.5. The summed E-state index contributed by atoms with van der Waals surface area (Å²) in [6.07, 6.45) is 6.86. The van der Waals surface area contributed by atoms with E-state index in [0.717, 1.165) is 22.2 Å². The van der Waals surface area contributed by atoms with Crippen LogP contribution in [0.2, 0.25) is 0 Å². The number of fused-ring (bicyclic) bond motifs is 1. The summed E-state index contributed by atoms with van der Waals surface area (Å²) in [6, 6.07) is 11.8. The molecule has 4 rings (SSSR count). The average Bonchev–Trinajstić information content (AvgIpc) is 3.04. The zero-order valence-electron chi connectivity index (χ0n) is 11.5. The van der Waals surface area contributed by atoms with Gasteiger partial charge in [-0.2, -0.15) is 5.10 Å². The number of hydrogen-bond donors (Lipinski definition) is 1. The molecule has 106 valence electrons. The van der Waals surface area contributed by atoms with Crippen LogP contribution in [-0.4, -0.2) is 25.1 Å². The van der Waals surface area contributed by atoms with Crippen molar-refractivity contribution in [2.45, 2.75) is 0 Å². The Kier molecular flexibility index (Phi) is 2.97. The molecule has 0 radical (unpaired) electrons. The number of aromatic amines is 1. The molecule has 1 aromatic carbocycles. The Morgan fingerprint density at radius 1 is 0.864 bits per heavy atom. The van der Waals surface area contributed by atoms with Crippen LogP contribution in [0.4, 0.5) is 0 Å². The SMILES string of the molecule is c1cnc(Oc2ccc(-c3cnc4[nH]ncc4c3)cc2)nc1. The van der Waals surface area contributed by atoms with Crippen LogP contribution in [0, 0.1) is 0 Å². The van der Waals surface area contributed by atoms with E-state index in [4.69, 9.17) is 4.74 Å². The zero-order chi connectivity index (χ0) is 14.8. The smallest absolute Gasteiger partial charge is 0.321 e. The van der Waals surface area contributed by atoms with Crippen molar-refractivity contribution in [2.24, 2.45) is 0 Å². The van der Waals surface area contributed by atoms with Gasteiger partial charge in [-0.15, -0.1) is 0 Å². The average molecular weight is 289 g/mol. The van der Waals surface area contributed by atoms with Gasteiger partial charge in [-0.05, 0) is 29.8 Å². The second-order valence-electron chi connectivity index (χ2n) is 4.69. The van der Waals surface area contributed by atoms with Gasteiger partial charge in [0.2, 0.25) is 0 Å². The largest absolute Gasteiger partial charge is 0.424 e. The molecule has 0 bridgehead atoms. The number of ether oxygens (including phenoxy) is 1. The maximum atomic E-state index is 5.57. The third kappa shape index (κ3) is 2.37. The quantitative estimate of drug-likeness (QED) is 0.626. The van der Waals surface area contributed by atoms with Crippen LogP contribution in [0.25, 0.3) is 22.2 Å². The minimum atomic E-state index is 0.330. The molecule has 0 atom stereocenters. The Morgan fingerprint density at radius 2 is 1.68 bits per heavy atom. The highest BCUT2D eigenvalue weighted by atomic mass is 16.5. The highest BCUT2D eigenvalue weighted by Gasteiger charge is 2.04. The molecule has 3 heterocycles. The molecule has 0 saturated heterocycles. The van der Waals surface area contributed by atoms with Crippen molar-refractivity contribution < 1.29 is 4.74 Å². The molecule has 0 unspecified atom stereocenters. The fourth-order valence-corrected chi connectivity index (χ4v) is 2.15. The first-order valence-electron chi connectivity index (χ1n) is 6.73. The van der Waals surface area contributed by atoms with E-state index in [2.05, 4.69) is 25.1 Å². The summed E-state index contributed by atoms with van der Waals surface area (Å²) in [5.41, 5.74) is 2.86. The van der Waals surface area contributed by atoms with Crippen LogP contribution < -0.4 is 4.74 Å². The van der Waals surface area contributed by atoms with Crippen molar-refractivity contribution in [1.82, 2.24) is 25.1 Å². The Hall–Kier alpha value is -3.28. The van der Waals surface area contributed by atoms with E-state index in [1.807, 2.05) is 36.5 Å². The number of H-pyrrole nitrogens is 1. The summed E-state index contributed by atoms with van der Waals surface area (Å²) >= 11 is 0. The Morgan fingerprint density at radius 3 is 2.50 bits per heavy atom. The molecule has 0 amide bonds. The van der Waals surface area contributed by atoms with Gasteiger partial charge in [0, 0.05) is 29.5 Å². The summed E-state index contributed by atoms with van der Waals surface area (Å²) in [4.78, 5) is 12.4. The molecular formula is C16H11N5O. The molecule has 1 N–H and O–H groups in total. The summed E-state index contributed by atoms with van der Waals surface area (Å²) in [7, 11) is 0.